The van der Waals surface area contributed by atoms with Crippen molar-refractivity contribution in [2.75, 3.05) is 13.1 Å². The predicted molar refractivity (Wildman–Crippen MR) is 60.5 cm³/mol. The van der Waals surface area contributed by atoms with E-state index in [-0.39, 0.29) is 18.0 Å². The maximum absolute atomic E-state index is 13.1. The first-order valence-electron chi connectivity index (χ1n) is 5.35. The minimum atomic E-state index is -3.69. The van der Waals surface area contributed by atoms with Crippen LogP contribution in [0.3, 0.4) is 0 Å². The van der Waals surface area contributed by atoms with Crippen LogP contribution in [0, 0.1) is 12.7 Å². The van der Waals surface area contributed by atoms with E-state index in [1.807, 2.05) is 0 Å². The number of hydrogen-bond donors (Lipinski definition) is 1. The number of aryl methyl sites for hydroxylation is 1. The molecule has 1 atom stereocenters. The van der Waals surface area contributed by atoms with Crippen molar-refractivity contribution < 1.29 is 17.9 Å². The summed E-state index contributed by atoms with van der Waals surface area (Å²) < 4.78 is 38.7. The van der Waals surface area contributed by atoms with Crippen molar-refractivity contribution >= 4 is 10.0 Å². The van der Waals surface area contributed by atoms with Crippen LogP contribution in [0.1, 0.15) is 12.0 Å². The van der Waals surface area contributed by atoms with Gasteiger partial charge in [0, 0.05) is 13.1 Å². The molecule has 0 radical (unpaired) electrons. The standard InChI is InChI=1S/C11H14FNO3S/c1-8-2-3-9(12)6-11(8)17(15,16)13-5-4-10(14)7-13/h2-3,6,10,14H,4-5,7H2,1H3/t10-/m0/s1. The Balaban J connectivity index is 2.41. The minimum absolute atomic E-state index is 0.0217. The summed E-state index contributed by atoms with van der Waals surface area (Å²) in [6.45, 7) is 1.98. The minimum Gasteiger partial charge on any atom is -0.392 e. The lowest BCUT2D eigenvalue weighted by Crippen LogP contribution is -2.30. The van der Waals surface area contributed by atoms with E-state index in [9.17, 15) is 17.9 Å². The van der Waals surface area contributed by atoms with E-state index < -0.39 is 21.9 Å². The molecule has 1 heterocycles. The monoisotopic (exact) mass is 259 g/mol. The zero-order valence-corrected chi connectivity index (χ0v) is 10.2. The number of β-amino-alcohol motifs (C(OH)–C–C–N with tert-alkyl or cyclic N) is 1. The average molecular weight is 259 g/mol. The number of sulfonamides is 1. The fraction of sp³-hybridized carbons (Fsp3) is 0.455. The SMILES string of the molecule is Cc1ccc(F)cc1S(=O)(=O)N1CC[C@H](O)C1. The molecule has 1 aromatic carbocycles. The van der Waals surface area contributed by atoms with E-state index in [2.05, 4.69) is 0 Å². The van der Waals surface area contributed by atoms with E-state index >= 15 is 0 Å². The largest absolute Gasteiger partial charge is 0.392 e. The molecule has 0 amide bonds. The predicted octanol–water partition coefficient (Wildman–Crippen LogP) is 0.889. The Morgan fingerprint density at radius 2 is 2.18 bits per heavy atom. The Morgan fingerprint density at radius 1 is 1.47 bits per heavy atom. The van der Waals surface area contributed by atoms with Gasteiger partial charge in [0.2, 0.25) is 10.0 Å². The van der Waals surface area contributed by atoms with Crippen molar-refractivity contribution in [2.24, 2.45) is 0 Å². The van der Waals surface area contributed by atoms with E-state index in [1.165, 1.54) is 16.4 Å². The lowest BCUT2D eigenvalue weighted by molar-refractivity contribution is 0.189. The molecular weight excluding hydrogens is 245 g/mol. The molecule has 0 aromatic heterocycles. The van der Waals surface area contributed by atoms with Gasteiger partial charge in [-0.2, -0.15) is 4.31 Å². The van der Waals surface area contributed by atoms with Gasteiger partial charge in [-0.15, -0.1) is 0 Å². The van der Waals surface area contributed by atoms with Crippen LogP contribution in [0.4, 0.5) is 4.39 Å². The first kappa shape index (κ1) is 12.5. The third-order valence-electron chi connectivity index (χ3n) is 2.89. The van der Waals surface area contributed by atoms with E-state index in [1.54, 1.807) is 6.92 Å². The van der Waals surface area contributed by atoms with Crippen LogP contribution < -0.4 is 0 Å². The highest BCUT2D eigenvalue weighted by Crippen LogP contribution is 2.24. The number of rotatable bonds is 2. The number of aliphatic hydroxyl groups excluding tert-OH is 1. The second-order valence-corrected chi connectivity index (χ2v) is 6.12. The third-order valence-corrected chi connectivity index (χ3v) is 4.90. The molecule has 17 heavy (non-hydrogen) atoms. The molecule has 94 valence electrons. The highest BCUT2D eigenvalue weighted by molar-refractivity contribution is 7.89. The number of nitrogens with zero attached hydrogens (tertiary/aromatic N) is 1. The van der Waals surface area contributed by atoms with Gasteiger partial charge in [0.1, 0.15) is 5.82 Å². The molecule has 1 fully saturated rings. The van der Waals surface area contributed by atoms with Gasteiger partial charge >= 0.3 is 0 Å². The van der Waals surface area contributed by atoms with Crippen LogP contribution >= 0.6 is 0 Å². The molecule has 1 aliphatic heterocycles. The van der Waals surface area contributed by atoms with E-state index in [0.29, 0.717) is 12.0 Å². The van der Waals surface area contributed by atoms with Crippen LogP contribution in [0.15, 0.2) is 23.1 Å². The van der Waals surface area contributed by atoms with Gasteiger partial charge in [-0.05, 0) is 31.0 Å². The summed E-state index contributed by atoms with van der Waals surface area (Å²) in [5.41, 5.74) is 0.507. The maximum Gasteiger partial charge on any atom is 0.243 e. The molecule has 0 bridgehead atoms. The second-order valence-electron chi connectivity index (χ2n) is 4.22. The molecule has 1 aromatic rings. The van der Waals surface area contributed by atoms with Gasteiger partial charge in [-0.25, -0.2) is 12.8 Å². The number of halogens is 1. The molecule has 1 N–H and O–H groups in total. The summed E-state index contributed by atoms with van der Waals surface area (Å²) in [6.07, 6.45) is -0.202. The summed E-state index contributed by atoms with van der Waals surface area (Å²) in [5, 5.41) is 9.35. The smallest absolute Gasteiger partial charge is 0.243 e. The quantitative estimate of drug-likeness (QED) is 0.858. The zero-order chi connectivity index (χ0) is 12.6. The molecule has 0 spiro atoms. The normalized spacial score (nSPS) is 21.9. The van der Waals surface area contributed by atoms with Crippen molar-refractivity contribution in [1.29, 1.82) is 0 Å². The molecule has 1 saturated heterocycles. The van der Waals surface area contributed by atoms with Crippen LogP contribution in [-0.4, -0.2) is 37.0 Å². The highest BCUT2D eigenvalue weighted by Gasteiger charge is 2.32. The second kappa shape index (κ2) is 4.36. The van der Waals surface area contributed by atoms with Gasteiger partial charge in [0.15, 0.2) is 0 Å². The maximum atomic E-state index is 13.1. The van der Waals surface area contributed by atoms with Crippen molar-refractivity contribution in [1.82, 2.24) is 4.31 Å². The van der Waals surface area contributed by atoms with Gasteiger partial charge < -0.3 is 5.11 Å². The van der Waals surface area contributed by atoms with Crippen LogP contribution in [0.5, 0.6) is 0 Å². The lowest BCUT2D eigenvalue weighted by atomic mass is 10.2. The third kappa shape index (κ3) is 2.34. The first-order valence-corrected chi connectivity index (χ1v) is 6.79. The Kier molecular flexibility index (Phi) is 3.20. The Bertz CT molecular complexity index is 530. The van der Waals surface area contributed by atoms with Gasteiger partial charge in [0.05, 0.1) is 11.0 Å². The molecule has 0 unspecified atom stereocenters. The van der Waals surface area contributed by atoms with E-state index in [4.69, 9.17) is 0 Å². The number of aliphatic hydroxyl groups is 1. The molecule has 1 aliphatic rings. The van der Waals surface area contributed by atoms with Crippen LogP contribution in [0.25, 0.3) is 0 Å². The number of benzene rings is 1. The Morgan fingerprint density at radius 3 is 2.76 bits per heavy atom. The summed E-state index contributed by atoms with van der Waals surface area (Å²) in [5.74, 6) is -0.575. The van der Waals surface area contributed by atoms with Gasteiger partial charge in [0.25, 0.3) is 0 Å². The number of hydrogen-bond acceptors (Lipinski definition) is 3. The fourth-order valence-corrected chi connectivity index (χ4v) is 3.65. The zero-order valence-electron chi connectivity index (χ0n) is 9.43. The average Bonchev–Trinajstić information content (AvgIpc) is 2.69. The molecule has 0 aliphatic carbocycles. The van der Waals surface area contributed by atoms with Crippen molar-refractivity contribution in [2.45, 2.75) is 24.3 Å². The first-order chi connectivity index (χ1) is 7.91. The summed E-state index contributed by atoms with van der Waals surface area (Å²) in [6, 6.07) is 3.69. The Hall–Kier alpha value is -0.980. The molecule has 0 saturated carbocycles. The molecule has 4 nitrogen and oxygen atoms in total. The molecular formula is C11H14FNO3S. The molecule has 2 rings (SSSR count). The van der Waals surface area contributed by atoms with Crippen molar-refractivity contribution in [3.8, 4) is 0 Å². The topological polar surface area (TPSA) is 57.6 Å². The van der Waals surface area contributed by atoms with Gasteiger partial charge in [-0.1, -0.05) is 6.07 Å². The van der Waals surface area contributed by atoms with Crippen molar-refractivity contribution in [3.63, 3.8) is 0 Å². The lowest BCUT2D eigenvalue weighted by Gasteiger charge is -2.17. The van der Waals surface area contributed by atoms with Crippen LogP contribution in [-0.2, 0) is 10.0 Å². The summed E-state index contributed by atoms with van der Waals surface area (Å²) >= 11 is 0. The van der Waals surface area contributed by atoms with Crippen LogP contribution in [0.2, 0.25) is 0 Å². The summed E-state index contributed by atoms with van der Waals surface area (Å²) in [7, 11) is -3.69. The molecule has 6 heteroatoms. The van der Waals surface area contributed by atoms with Crippen molar-refractivity contribution in [3.05, 3.63) is 29.6 Å². The summed E-state index contributed by atoms with van der Waals surface area (Å²) in [4.78, 5) is -0.0217. The highest BCUT2D eigenvalue weighted by atomic mass is 32.2. The van der Waals surface area contributed by atoms with E-state index in [0.717, 1.165) is 6.07 Å². The fourth-order valence-electron chi connectivity index (χ4n) is 1.92. The van der Waals surface area contributed by atoms with Gasteiger partial charge in [-0.3, -0.25) is 0 Å². The Labute approximate surface area is 99.7 Å².